The molecule has 2 aromatic carbocycles. The molecule has 5 N–H and O–H groups in total. The van der Waals surface area contributed by atoms with Crippen LogP contribution in [0, 0.1) is 10.1 Å². The Balaban J connectivity index is 1.98. The molecule has 2 rings (SSSR count). The summed E-state index contributed by atoms with van der Waals surface area (Å²) in [5.74, 6) is -1.65. The number of nitrogens with zero attached hydrogens (tertiary/aromatic N) is 1. The predicted octanol–water partition coefficient (Wildman–Crippen LogP) is 0.400. The summed E-state index contributed by atoms with van der Waals surface area (Å²) in [4.78, 5) is 46.1. The number of hydrogen-bond donors (Lipinski definition) is 4. The maximum atomic E-state index is 12.6. The highest BCUT2D eigenvalue weighted by atomic mass is 32.2. The van der Waals surface area contributed by atoms with Gasteiger partial charge in [0.2, 0.25) is 18.0 Å². The van der Waals surface area contributed by atoms with E-state index in [1.54, 1.807) is 0 Å². The molecular formula is C23H27N5O8S. The van der Waals surface area contributed by atoms with Crippen molar-refractivity contribution < 1.29 is 31.9 Å². The molecule has 0 radical (unpaired) electrons. The lowest BCUT2D eigenvalue weighted by Crippen LogP contribution is -2.52. The monoisotopic (exact) mass is 533 g/mol. The summed E-state index contributed by atoms with van der Waals surface area (Å²) in [5.41, 5.74) is 5.88. The molecule has 0 saturated heterocycles. The molecule has 0 spiro atoms. The van der Waals surface area contributed by atoms with Gasteiger partial charge in [0.05, 0.1) is 4.92 Å². The fraction of sp³-hybridized carbons (Fsp3) is 0.261. The van der Waals surface area contributed by atoms with Crippen molar-refractivity contribution in [3.8, 4) is 5.75 Å². The van der Waals surface area contributed by atoms with Gasteiger partial charge >= 0.3 is 10.1 Å². The molecule has 14 heteroatoms. The minimum Gasteiger partial charge on any atom is -0.379 e. The van der Waals surface area contributed by atoms with Gasteiger partial charge in [-0.05, 0) is 55.8 Å². The first kappa shape index (κ1) is 28.9. The van der Waals surface area contributed by atoms with Gasteiger partial charge in [0.15, 0.2) is 0 Å². The van der Waals surface area contributed by atoms with Crippen LogP contribution in [0.4, 0.5) is 0 Å². The molecule has 37 heavy (non-hydrogen) atoms. The second-order valence-corrected chi connectivity index (χ2v) is 9.28. The van der Waals surface area contributed by atoms with Gasteiger partial charge in [0.1, 0.15) is 22.7 Å². The number of benzene rings is 2. The average Bonchev–Trinajstić information content (AvgIpc) is 2.86. The molecule has 3 amide bonds. The standard InChI is InChI=1S/C23H27N5O8S/c1-15(21(29)25-13-12-24)26-22(30)16(2)27-23(31)18-5-9-20(10-6-18)37(34,35)36-19-7-3-17(4-8-19)11-14-28(32)33/h3-11,14-16H,12-13,24H2,1-2H3,(H,25,29)(H,26,30)(H,27,31)/b14-11+. The van der Waals surface area contributed by atoms with Gasteiger partial charge in [0.25, 0.3) is 5.91 Å². The zero-order valence-corrected chi connectivity index (χ0v) is 20.9. The minimum atomic E-state index is -4.23. The van der Waals surface area contributed by atoms with E-state index in [0.29, 0.717) is 5.56 Å². The van der Waals surface area contributed by atoms with Crippen LogP contribution in [0.2, 0.25) is 0 Å². The molecule has 0 saturated carbocycles. The summed E-state index contributed by atoms with van der Waals surface area (Å²) in [5, 5.41) is 17.9. The Hall–Kier alpha value is -4.30. The first-order valence-corrected chi connectivity index (χ1v) is 12.4. The number of carbonyl (C=O) groups is 3. The van der Waals surface area contributed by atoms with Gasteiger partial charge in [0, 0.05) is 24.7 Å². The second kappa shape index (κ2) is 13.1. The summed E-state index contributed by atoms with van der Waals surface area (Å²) in [6.07, 6.45) is 1.99. The Morgan fingerprint density at radius 3 is 2.16 bits per heavy atom. The van der Waals surface area contributed by atoms with E-state index < -0.39 is 44.8 Å². The summed E-state index contributed by atoms with van der Waals surface area (Å²) in [7, 11) is -4.23. The lowest BCUT2D eigenvalue weighted by Gasteiger charge is -2.18. The molecule has 0 aliphatic heterocycles. The molecule has 198 valence electrons. The first-order valence-electron chi connectivity index (χ1n) is 11.0. The SMILES string of the molecule is CC(NC(=O)c1ccc(S(=O)(=O)Oc2ccc(/C=C/[N+](=O)[O-])cc2)cc1)C(=O)NC(C)C(=O)NCCN. The van der Waals surface area contributed by atoms with Crippen LogP contribution in [0.3, 0.4) is 0 Å². The lowest BCUT2D eigenvalue weighted by molar-refractivity contribution is -0.400. The van der Waals surface area contributed by atoms with Crippen LogP contribution in [0.1, 0.15) is 29.8 Å². The number of carbonyl (C=O) groups excluding carboxylic acids is 3. The van der Waals surface area contributed by atoms with E-state index in [-0.39, 0.29) is 29.3 Å². The van der Waals surface area contributed by atoms with Crippen LogP contribution >= 0.6 is 0 Å². The Labute approximate surface area is 213 Å². The molecule has 0 aliphatic rings. The highest BCUT2D eigenvalue weighted by molar-refractivity contribution is 7.87. The van der Waals surface area contributed by atoms with Crippen molar-refractivity contribution in [1.29, 1.82) is 0 Å². The maximum absolute atomic E-state index is 12.6. The highest BCUT2D eigenvalue weighted by Gasteiger charge is 2.22. The first-order chi connectivity index (χ1) is 17.4. The molecule has 13 nitrogen and oxygen atoms in total. The summed E-state index contributed by atoms with van der Waals surface area (Å²) in [6, 6.07) is 8.62. The molecule has 0 aliphatic carbocycles. The summed E-state index contributed by atoms with van der Waals surface area (Å²) >= 11 is 0. The van der Waals surface area contributed by atoms with E-state index in [1.165, 1.54) is 68.5 Å². The predicted molar refractivity (Wildman–Crippen MR) is 133 cm³/mol. The van der Waals surface area contributed by atoms with Crippen molar-refractivity contribution in [2.75, 3.05) is 13.1 Å². The Morgan fingerprint density at radius 1 is 1.00 bits per heavy atom. The molecule has 0 aromatic heterocycles. The van der Waals surface area contributed by atoms with Crippen molar-refractivity contribution in [1.82, 2.24) is 16.0 Å². The Bertz CT molecular complexity index is 1260. The molecule has 2 atom stereocenters. The molecular weight excluding hydrogens is 506 g/mol. The van der Waals surface area contributed by atoms with Gasteiger partial charge in [-0.3, -0.25) is 24.5 Å². The number of nitro groups is 1. The summed E-state index contributed by atoms with van der Waals surface area (Å²) in [6.45, 7) is 3.44. The number of nitrogens with one attached hydrogen (secondary N) is 3. The van der Waals surface area contributed by atoms with Gasteiger partial charge in [-0.15, -0.1) is 0 Å². The topological polar surface area (TPSA) is 200 Å². The van der Waals surface area contributed by atoms with Gasteiger partial charge < -0.3 is 25.9 Å². The number of nitrogens with two attached hydrogens (primary N) is 1. The van der Waals surface area contributed by atoms with Crippen LogP contribution in [0.15, 0.2) is 59.6 Å². The van der Waals surface area contributed by atoms with Crippen LogP contribution < -0.4 is 25.9 Å². The molecule has 0 heterocycles. The molecule has 0 fully saturated rings. The van der Waals surface area contributed by atoms with E-state index >= 15 is 0 Å². The lowest BCUT2D eigenvalue weighted by atomic mass is 10.2. The third-order valence-corrected chi connectivity index (χ3v) is 6.08. The van der Waals surface area contributed by atoms with Crippen molar-refractivity contribution in [3.63, 3.8) is 0 Å². The van der Waals surface area contributed by atoms with Crippen molar-refractivity contribution in [2.24, 2.45) is 5.73 Å². The number of rotatable bonds is 12. The van der Waals surface area contributed by atoms with Crippen LogP contribution in [0.5, 0.6) is 5.75 Å². The zero-order chi connectivity index (χ0) is 27.6. The molecule has 2 unspecified atom stereocenters. The third-order valence-electron chi connectivity index (χ3n) is 4.82. The molecule has 0 bridgehead atoms. The van der Waals surface area contributed by atoms with Crippen LogP contribution in [-0.4, -0.2) is 56.2 Å². The average molecular weight is 534 g/mol. The van der Waals surface area contributed by atoms with E-state index in [4.69, 9.17) is 9.92 Å². The maximum Gasteiger partial charge on any atom is 0.339 e. The number of amides is 3. The zero-order valence-electron chi connectivity index (χ0n) is 20.0. The Morgan fingerprint density at radius 2 is 1.59 bits per heavy atom. The minimum absolute atomic E-state index is 0.00847. The fourth-order valence-corrected chi connectivity index (χ4v) is 3.76. The highest BCUT2D eigenvalue weighted by Crippen LogP contribution is 2.20. The second-order valence-electron chi connectivity index (χ2n) is 7.74. The summed E-state index contributed by atoms with van der Waals surface area (Å²) < 4.78 is 30.2. The Kier molecular flexibility index (Phi) is 10.3. The van der Waals surface area contributed by atoms with E-state index in [0.717, 1.165) is 6.20 Å². The largest absolute Gasteiger partial charge is 0.379 e. The fourth-order valence-electron chi connectivity index (χ4n) is 2.83. The van der Waals surface area contributed by atoms with Crippen molar-refractivity contribution >= 4 is 33.9 Å². The van der Waals surface area contributed by atoms with E-state index in [2.05, 4.69) is 16.0 Å². The van der Waals surface area contributed by atoms with Gasteiger partial charge in [-0.25, -0.2) is 0 Å². The van der Waals surface area contributed by atoms with Crippen LogP contribution in [-0.2, 0) is 19.7 Å². The normalized spacial score (nSPS) is 12.8. The van der Waals surface area contributed by atoms with E-state index in [9.17, 15) is 32.9 Å². The van der Waals surface area contributed by atoms with Crippen LogP contribution in [0.25, 0.3) is 6.08 Å². The van der Waals surface area contributed by atoms with Gasteiger partial charge in [-0.2, -0.15) is 8.42 Å². The van der Waals surface area contributed by atoms with Gasteiger partial charge in [-0.1, -0.05) is 12.1 Å². The molecule has 2 aromatic rings. The smallest absolute Gasteiger partial charge is 0.339 e. The third kappa shape index (κ3) is 9.01. The van der Waals surface area contributed by atoms with Crippen molar-refractivity contribution in [2.45, 2.75) is 30.8 Å². The number of hydrogen-bond acceptors (Lipinski definition) is 9. The van der Waals surface area contributed by atoms with Crippen molar-refractivity contribution in [3.05, 3.63) is 76.0 Å². The quantitative estimate of drug-likeness (QED) is 0.169. The van der Waals surface area contributed by atoms with E-state index in [1.807, 2.05) is 0 Å².